The van der Waals surface area contributed by atoms with Crippen molar-refractivity contribution in [2.75, 3.05) is 0 Å². The highest BCUT2D eigenvalue weighted by Gasteiger charge is 2.09. The van der Waals surface area contributed by atoms with Gasteiger partial charge >= 0.3 is 5.97 Å². The zero-order valence-electron chi connectivity index (χ0n) is 17.9. The molecule has 0 fully saturated rings. The molecule has 1 aromatic heterocycles. The Balaban J connectivity index is 1.92. The number of aromatic nitrogens is 1. The van der Waals surface area contributed by atoms with Gasteiger partial charge in [0.1, 0.15) is 0 Å². The quantitative estimate of drug-likeness (QED) is 0.217. The van der Waals surface area contributed by atoms with E-state index in [4.69, 9.17) is 4.84 Å². The molecule has 5 nitrogen and oxygen atoms in total. The topological polar surface area (TPSA) is 71.7 Å². The van der Waals surface area contributed by atoms with Gasteiger partial charge < -0.3 is 15.1 Å². The number of carbonyl (C=O) groups excluding carboxylic acids is 1. The first-order valence-corrected chi connectivity index (χ1v) is 11.1. The Morgan fingerprint density at radius 1 is 0.897 bits per heavy atom. The summed E-state index contributed by atoms with van der Waals surface area (Å²) >= 11 is 0. The first kappa shape index (κ1) is 24.7. The molecule has 0 bridgehead atoms. The van der Waals surface area contributed by atoms with E-state index in [2.05, 4.69) is 30.9 Å². The molecule has 29 heavy (non-hydrogen) atoms. The molecule has 162 valence electrons. The minimum Gasteiger partial charge on any atom is -0.492 e. The third-order valence-corrected chi connectivity index (χ3v) is 4.73. The van der Waals surface area contributed by atoms with Gasteiger partial charge in [-0.1, -0.05) is 76.4 Å². The van der Waals surface area contributed by atoms with Crippen molar-refractivity contribution in [2.45, 2.75) is 96.8 Å². The van der Waals surface area contributed by atoms with Crippen LogP contribution >= 0.6 is 0 Å². The Bertz CT molecular complexity index is 632. The zero-order valence-corrected chi connectivity index (χ0v) is 17.9. The normalized spacial score (nSPS) is 10.8. The smallest absolute Gasteiger partial charge is 0.409 e. The predicted molar refractivity (Wildman–Crippen MR) is 117 cm³/mol. The van der Waals surface area contributed by atoms with E-state index >= 15 is 0 Å². The van der Waals surface area contributed by atoms with Crippen molar-refractivity contribution in [3.63, 3.8) is 0 Å². The molecule has 1 aromatic rings. The Morgan fingerprint density at radius 2 is 1.41 bits per heavy atom. The van der Waals surface area contributed by atoms with Crippen LogP contribution in [-0.2, 0) is 4.79 Å². The number of hydrogen-bond donors (Lipinski definition) is 2. The molecule has 0 saturated heterocycles. The van der Waals surface area contributed by atoms with Gasteiger partial charge in [-0.2, -0.15) is 0 Å². The van der Waals surface area contributed by atoms with Gasteiger partial charge in [-0.25, -0.2) is 4.79 Å². The van der Waals surface area contributed by atoms with Crippen molar-refractivity contribution in [3.8, 4) is 23.6 Å². The van der Waals surface area contributed by atoms with Crippen molar-refractivity contribution in [1.82, 2.24) is 4.73 Å². The molecule has 0 radical (unpaired) electrons. The fourth-order valence-corrected chi connectivity index (χ4v) is 3.02. The minimum absolute atomic E-state index is 0.352. The lowest BCUT2D eigenvalue weighted by Crippen LogP contribution is -2.16. The van der Waals surface area contributed by atoms with Crippen molar-refractivity contribution in [1.29, 1.82) is 0 Å². The molecule has 5 heteroatoms. The summed E-state index contributed by atoms with van der Waals surface area (Å²) in [4.78, 5) is 16.3. The number of nitrogens with zero attached hydrogens (tertiary/aromatic N) is 1. The largest absolute Gasteiger partial charge is 0.492 e. The van der Waals surface area contributed by atoms with Crippen LogP contribution in [0, 0.1) is 11.8 Å². The molecule has 0 aliphatic rings. The van der Waals surface area contributed by atoms with Crippen LogP contribution in [0.2, 0.25) is 0 Å². The average molecular weight is 404 g/mol. The molecule has 0 saturated carbocycles. The summed E-state index contributed by atoms with van der Waals surface area (Å²) in [5.41, 5.74) is 0. The molecule has 0 amide bonds. The van der Waals surface area contributed by atoms with Gasteiger partial charge in [-0.05, 0) is 32.1 Å². The van der Waals surface area contributed by atoms with Crippen LogP contribution in [0.15, 0.2) is 24.3 Å². The summed E-state index contributed by atoms with van der Waals surface area (Å²) in [5.74, 6) is 3.62. The molecule has 0 aliphatic carbocycles. The van der Waals surface area contributed by atoms with Crippen molar-refractivity contribution in [2.24, 2.45) is 0 Å². The van der Waals surface area contributed by atoms with E-state index in [0.29, 0.717) is 11.2 Å². The third kappa shape index (κ3) is 12.7. The molecular weight excluding hydrogens is 366 g/mol. The summed E-state index contributed by atoms with van der Waals surface area (Å²) in [7, 11) is 0. The molecule has 1 heterocycles. The summed E-state index contributed by atoms with van der Waals surface area (Å²) in [6.07, 6.45) is 21.5. The molecule has 1 rings (SSSR count). The lowest BCUT2D eigenvalue weighted by molar-refractivity contribution is -0.138. The van der Waals surface area contributed by atoms with Crippen LogP contribution in [0.1, 0.15) is 96.8 Å². The molecule has 0 spiro atoms. The Labute approximate surface area is 175 Å². The molecule has 0 unspecified atom stereocenters. The first-order chi connectivity index (χ1) is 14.1. The highest BCUT2D eigenvalue weighted by Crippen LogP contribution is 2.18. The predicted octanol–water partition coefficient (Wildman–Crippen LogP) is 5.90. The van der Waals surface area contributed by atoms with E-state index in [9.17, 15) is 15.0 Å². The summed E-state index contributed by atoms with van der Waals surface area (Å²) in [6, 6.07) is 2.45. The van der Waals surface area contributed by atoms with Crippen molar-refractivity contribution in [3.05, 3.63) is 24.3 Å². The second-order valence-electron chi connectivity index (χ2n) is 7.36. The summed E-state index contributed by atoms with van der Waals surface area (Å²) in [5, 5.41) is 18.7. The van der Waals surface area contributed by atoms with E-state index < -0.39 is 5.97 Å². The number of allylic oxidation sites excluding steroid dienone is 2. The second-order valence-corrected chi connectivity index (χ2v) is 7.36. The number of rotatable bonds is 15. The summed E-state index contributed by atoms with van der Waals surface area (Å²) < 4.78 is 0.638. The van der Waals surface area contributed by atoms with Crippen LogP contribution < -0.4 is 4.84 Å². The fourth-order valence-electron chi connectivity index (χ4n) is 3.02. The molecular formula is C24H37NO4. The van der Waals surface area contributed by atoms with Crippen LogP contribution in [0.25, 0.3) is 0 Å². The van der Waals surface area contributed by atoms with Crippen LogP contribution in [0.3, 0.4) is 0 Å². The Hall–Kier alpha value is -2.35. The summed E-state index contributed by atoms with van der Waals surface area (Å²) in [6.45, 7) is 2.25. The maximum absolute atomic E-state index is 11.5. The van der Waals surface area contributed by atoms with Gasteiger partial charge in [0.25, 0.3) is 0 Å². The molecule has 0 aromatic carbocycles. The maximum atomic E-state index is 11.5. The van der Waals surface area contributed by atoms with Gasteiger partial charge in [0.2, 0.25) is 11.8 Å². The fraction of sp³-hybridized carbons (Fsp3) is 0.625. The van der Waals surface area contributed by atoms with Gasteiger partial charge in [-0.15, -0.1) is 4.73 Å². The van der Waals surface area contributed by atoms with Crippen LogP contribution in [0.4, 0.5) is 0 Å². The van der Waals surface area contributed by atoms with Gasteiger partial charge in [0, 0.05) is 24.5 Å². The average Bonchev–Trinajstić information content (AvgIpc) is 3.02. The van der Waals surface area contributed by atoms with Gasteiger partial charge in [-0.3, -0.25) is 0 Å². The van der Waals surface area contributed by atoms with Gasteiger partial charge in [0.15, 0.2) is 0 Å². The number of unbranched alkanes of at least 4 members (excludes halogenated alkanes) is 12. The minimum atomic E-state index is -0.806. The monoisotopic (exact) mass is 403 g/mol. The van der Waals surface area contributed by atoms with Crippen molar-refractivity contribution >= 4 is 5.97 Å². The second kappa shape index (κ2) is 16.6. The third-order valence-electron chi connectivity index (χ3n) is 4.73. The Morgan fingerprint density at radius 3 is 2.00 bits per heavy atom. The Kier molecular flexibility index (Phi) is 14.1. The van der Waals surface area contributed by atoms with E-state index in [1.807, 2.05) is 0 Å². The van der Waals surface area contributed by atoms with E-state index in [0.717, 1.165) is 12.8 Å². The maximum Gasteiger partial charge on any atom is 0.409 e. The highest BCUT2D eigenvalue weighted by atomic mass is 16.7. The van der Waals surface area contributed by atoms with Crippen LogP contribution in [-0.4, -0.2) is 20.9 Å². The molecule has 0 aliphatic heterocycles. The molecule has 0 atom stereocenters. The van der Waals surface area contributed by atoms with E-state index in [1.165, 1.54) is 82.8 Å². The van der Waals surface area contributed by atoms with Gasteiger partial charge in [0.05, 0.1) is 0 Å². The van der Waals surface area contributed by atoms with E-state index in [-0.39, 0.29) is 11.8 Å². The lowest BCUT2D eigenvalue weighted by Gasteiger charge is -2.02. The highest BCUT2D eigenvalue weighted by molar-refractivity contribution is 5.88. The molecule has 2 N–H and O–H groups in total. The lowest BCUT2D eigenvalue weighted by atomic mass is 10.1. The number of carbonyl (C=O) groups is 1. The zero-order chi connectivity index (χ0) is 21.2. The van der Waals surface area contributed by atoms with Crippen LogP contribution in [0.5, 0.6) is 11.8 Å². The SMILES string of the molecule is CCCCCCCCC=CCCCCCCCC#CC(=O)On1c(O)ccc1O. The number of aromatic hydroxyl groups is 2. The van der Waals surface area contributed by atoms with E-state index in [1.54, 1.807) is 0 Å². The van der Waals surface area contributed by atoms with Crippen molar-refractivity contribution < 1.29 is 19.8 Å². The standard InChI is InChI=1S/C24H37NO4/c1-2-3-4-5-6-7-8-9-10-11-12-13-14-15-16-17-18-19-24(28)29-25-22(26)20-21-23(25)27/h9-10,20-21,26-27H,2-8,11-17H2,1H3. The first-order valence-electron chi connectivity index (χ1n) is 11.1. The number of hydrogen-bond acceptors (Lipinski definition) is 4.